The Bertz CT molecular complexity index is 679. The molecule has 1 saturated carbocycles. The van der Waals surface area contributed by atoms with Gasteiger partial charge in [-0.05, 0) is 61.8 Å². The summed E-state index contributed by atoms with van der Waals surface area (Å²) in [6.07, 6.45) is 4.72. The van der Waals surface area contributed by atoms with Gasteiger partial charge >= 0.3 is 0 Å². The fourth-order valence-electron chi connectivity index (χ4n) is 3.56. The molecule has 0 bridgehead atoms. The predicted octanol–water partition coefficient (Wildman–Crippen LogP) is 3.94. The Morgan fingerprint density at radius 3 is 2.04 bits per heavy atom. The van der Waals surface area contributed by atoms with E-state index in [2.05, 4.69) is 22.9 Å². The molecule has 3 amide bonds. The second-order valence-corrected chi connectivity index (χ2v) is 8.08. The first kappa shape index (κ1) is 21.9. The van der Waals surface area contributed by atoms with E-state index in [1.807, 2.05) is 13.8 Å². The molecule has 2 atom stereocenters. The van der Waals surface area contributed by atoms with Crippen LogP contribution in [-0.4, -0.2) is 23.8 Å². The molecule has 0 aromatic heterocycles. The summed E-state index contributed by atoms with van der Waals surface area (Å²) in [6.45, 7) is 7.66. The van der Waals surface area contributed by atoms with Gasteiger partial charge in [-0.25, -0.2) is 0 Å². The topological polar surface area (TPSA) is 87.3 Å². The number of rotatable bonds is 7. The molecule has 1 fully saturated rings. The minimum absolute atomic E-state index is 0.00615. The third-order valence-electron chi connectivity index (χ3n) is 5.65. The van der Waals surface area contributed by atoms with Crippen molar-refractivity contribution >= 4 is 29.1 Å². The van der Waals surface area contributed by atoms with Crippen LogP contribution >= 0.6 is 0 Å². The van der Waals surface area contributed by atoms with E-state index in [0.717, 1.165) is 32.1 Å². The van der Waals surface area contributed by atoms with Crippen LogP contribution in [0.4, 0.5) is 11.4 Å². The van der Waals surface area contributed by atoms with Crippen molar-refractivity contribution in [2.24, 2.45) is 17.8 Å². The van der Waals surface area contributed by atoms with Crippen molar-refractivity contribution in [1.29, 1.82) is 0 Å². The van der Waals surface area contributed by atoms with Crippen LogP contribution in [0.2, 0.25) is 0 Å². The summed E-state index contributed by atoms with van der Waals surface area (Å²) in [5.74, 6) is 0.358. The second-order valence-electron chi connectivity index (χ2n) is 8.08. The molecule has 28 heavy (non-hydrogen) atoms. The minimum atomic E-state index is -0.563. The van der Waals surface area contributed by atoms with Crippen molar-refractivity contribution < 1.29 is 14.4 Å². The SMILES string of the molecule is CC[C@H](C)[C@@H](NC(=O)C1CCC(C)CC1)C(=O)Nc1ccc(NC(C)=O)cc1. The van der Waals surface area contributed by atoms with Crippen molar-refractivity contribution in [1.82, 2.24) is 5.32 Å². The molecular weight excluding hydrogens is 354 g/mol. The predicted molar refractivity (Wildman–Crippen MR) is 112 cm³/mol. The molecule has 0 heterocycles. The van der Waals surface area contributed by atoms with E-state index in [9.17, 15) is 14.4 Å². The van der Waals surface area contributed by atoms with Crippen molar-refractivity contribution in [2.45, 2.75) is 65.8 Å². The maximum Gasteiger partial charge on any atom is 0.247 e. The van der Waals surface area contributed by atoms with Gasteiger partial charge in [0.25, 0.3) is 0 Å². The van der Waals surface area contributed by atoms with E-state index < -0.39 is 6.04 Å². The van der Waals surface area contributed by atoms with Gasteiger partial charge in [0.15, 0.2) is 0 Å². The number of benzene rings is 1. The Morgan fingerprint density at radius 1 is 1.00 bits per heavy atom. The molecule has 0 unspecified atom stereocenters. The molecule has 1 aromatic rings. The fourth-order valence-corrected chi connectivity index (χ4v) is 3.56. The summed E-state index contributed by atoms with van der Waals surface area (Å²) in [5.41, 5.74) is 1.30. The molecule has 6 nitrogen and oxygen atoms in total. The van der Waals surface area contributed by atoms with Crippen LogP contribution in [0.3, 0.4) is 0 Å². The molecule has 0 aliphatic heterocycles. The lowest BCUT2D eigenvalue weighted by Crippen LogP contribution is -2.49. The quantitative estimate of drug-likeness (QED) is 0.662. The Kier molecular flexibility index (Phi) is 8.03. The van der Waals surface area contributed by atoms with Gasteiger partial charge in [0.05, 0.1) is 0 Å². The van der Waals surface area contributed by atoms with Gasteiger partial charge in [-0.15, -0.1) is 0 Å². The fraction of sp³-hybridized carbons (Fsp3) is 0.591. The normalized spacial score (nSPS) is 21.3. The van der Waals surface area contributed by atoms with Gasteiger partial charge in [-0.1, -0.05) is 27.2 Å². The van der Waals surface area contributed by atoms with E-state index in [0.29, 0.717) is 17.3 Å². The van der Waals surface area contributed by atoms with Crippen LogP contribution < -0.4 is 16.0 Å². The van der Waals surface area contributed by atoms with Crippen molar-refractivity contribution in [2.75, 3.05) is 10.6 Å². The molecule has 2 rings (SSSR count). The average Bonchev–Trinajstić information content (AvgIpc) is 2.67. The van der Waals surface area contributed by atoms with Crippen LogP contribution in [0.25, 0.3) is 0 Å². The second kappa shape index (κ2) is 10.2. The monoisotopic (exact) mass is 387 g/mol. The highest BCUT2D eigenvalue weighted by Gasteiger charge is 2.30. The summed E-state index contributed by atoms with van der Waals surface area (Å²) in [5, 5.41) is 8.58. The molecule has 0 radical (unpaired) electrons. The molecule has 0 saturated heterocycles. The third-order valence-corrected chi connectivity index (χ3v) is 5.65. The number of carbonyl (C=O) groups is 3. The summed E-state index contributed by atoms with van der Waals surface area (Å²) in [4.78, 5) is 36.7. The zero-order valence-electron chi connectivity index (χ0n) is 17.4. The Labute approximate surface area is 167 Å². The zero-order chi connectivity index (χ0) is 20.7. The average molecular weight is 388 g/mol. The largest absolute Gasteiger partial charge is 0.344 e. The number of hydrogen-bond acceptors (Lipinski definition) is 3. The molecule has 0 spiro atoms. The Morgan fingerprint density at radius 2 is 1.54 bits per heavy atom. The highest BCUT2D eigenvalue weighted by molar-refractivity contribution is 5.98. The van der Waals surface area contributed by atoms with E-state index in [-0.39, 0.29) is 29.6 Å². The third kappa shape index (κ3) is 6.36. The van der Waals surface area contributed by atoms with E-state index in [4.69, 9.17) is 0 Å². The van der Waals surface area contributed by atoms with Crippen LogP contribution in [0.1, 0.15) is 59.8 Å². The van der Waals surface area contributed by atoms with Gasteiger partial charge in [0, 0.05) is 24.2 Å². The molecule has 1 aliphatic rings. The van der Waals surface area contributed by atoms with E-state index in [1.54, 1.807) is 24.3 Å². The number of amides is 3. The van der Waals surface area contributed by atoms with E-state index >= 15 is 0 Å². The lowest BCUT2D eigenvalue weighted by molar-refractivity contribution is -0.131. The first-order valence-corrected chi connectivity index (χ1v) is 10.3. The highest BCUT2D eigenvalue weighted by Crippen LogP contribution is 2.28. The number of anilines is 2. The molecular formula is C22H33N3O3. The van der Waals surface area contributed by atoms with Gasteiger partial charge in [-0.3, -0.25) is 14.4 Å². The van der Waals surface area contributed by atoms with Crippen molar-refractivity contribution in [3.05, 3.63) is 24.3 Å². The smallest absolute Gasteiger partial charge is 0.247 e. The maximum atomic E-state index is 12.9. The lowest BCUT2D eigenvalue weighted by atomic mass is 9.82. The number of carbonyl (C=O) groups excluding carboxylic acids is 3. The van der Waals surface area contributed by atoms with Crippen molar-refractivity contribution in [3.63, 3.8) is 0 Å². The summed E-state index contributed by atoms with van der Waals surface area (Å²) < 4.78 is 0. The summed E-state index contributed by atoms with van der Waals surface area (Å²) in [6, 6.07) is 6.38. The summed E-state index contributed by atoms with van der Waals surface area (Å²) in [7, 11) is 0. The van der Waals surface area contributed by atoms with Gasteiger partial charge in [0.1, 0.15) is 6.04 Å². The Balaban J connectivity index is 2.00. The lowest BCUT2D eigenvalue weighted by Gasteiger charge is -2.29. The van der Waals surface area contributed by atoms with Crippen LogP contribution in [0.15, 0.2) is 24.3 Å². The molecule has 1 aliphatic carbocycles. The van der Waals surface area contributed by atoms with E-state index in [1.165, 1.54) is 6.92 Å². The van der Waals surface area contributed by atoms with Gasteiger partial charge in [0.2, 0.25) is 17.7 Å². The standard InChI is InChI=1S/C22H33N3O3/c1-5-15(3)20(25-21(27)17-8-6-14(2)7-9-17)22(28)24-19-12-10-18(11-13-19)23-16(4)26/h10-15,17,20H,5-9H2,1-4H3,(H,23,26)(H,24,28)(H,25,27)/t14?,15-,17?,20+/m0/s1. The van der Waals surface area contributed by atoms with Crippen LogP contribution in [0.5, 0.6) is 0 Å². The number of hydrogen-bond donors (Lipinski definition) is 3. The Hall–Kier alpha value is -2.37. The zero-order valence-corrected chi connectivity index (χ0v) is 17.4. The minimum Gasteiger partial charge on any atom is -0.344 e. The first-order valence-electron chi connectivity index (χ1n) is 10.3. The molecule has 154 valence electrons. The summed E-state index contributed by atoms with van der Waals surface area (Å²) >= 11 is 0. The molecule has 6 heteroatoms. The molecule has 1 aromatic carbocycles. The maximum absolute atomic E-state index is 12.9. The molecule has 3 N–H and O–H groups in total. The van der Waals surface area contributed by atoms with Gasteiger partial charge in [-0.2, -0.15) is 0 Å². The highest BCUT2D eigenvalue weighted by atomic mass is 16.2. The van der Waals surface area contributed by atoms with Crippen LogP contribution in [-0.2, 0) is 14.4 Å². The first-order chi connectivity index (χ1) is 13.3. The van der Waals surface area contributed by atoms with Crippen molar-refractivity contribution in [3.8, 4) is 0 Å². The van der Waals surface area contributed by atoms with Crippen LogP contribution in [0, 0.1) is 17.8 Å². The number of nitrogens with one attached hydrogen (secondary N) is 3. The van der Waals surface area contributed by atoms with Gasteiger partial charge < -0.3 is 16.0 Å².